The van der Waals surface area contributed by atoms with Gasteiger partial charge in [-0.05, 0) is 38.4 Å². The molecular formula is C64H114N2O23S3. The number of carbonyl (C=O) groups excluding carboxylic acids is 5. The van der Waals surface area contributed by atoms with Crippen LogP contribution >= 0.6 is 35.7 Å². The first-order valence-corrected chi connectivity index (χ1v) is 34.9. The third-order valence-electron chi connectivity index (χ3n) is 14.0. The highest BCUT2D eigenvalue weighted by atomic mass is 32.2. The van der Waals surface area contributed by atoms with E-state index in [0.717, 1.165) is 37.9 Å². The second-order valence-electron chi connectivity index (χ2n) is 22.0. The Morgan fingerprint density at radius 1 is 0.543 bits per heavy atom. The number of carbonyl (C=O) groups is 5. The number of unbranched alkanes of at least 4 members (excludes halogenated alkanes) is 3. The van der Waals surface area contributed by atoms with Crippen molar-refractivity contribution in [1.29, 1.82) is 0 Å². The van der Waals surface area contributed by atoms with Crippen molar-refractivity contribution < 1.29 is 109 Å². The van der Waals surface area contributed by atoms with Gasteiger partial charge in [0.15, 0.2) is 6.29 Å². The van der Waals surface area contributed by atoms with Gasteiger partial charge in [-0.25, -0.2) is 6.57 Å². The number of esters is 2. The lowest BCUT2D eigenvalue weighted by Crippen LogP contribution is -2.62. The molecule has 25 nitrogen and oxygen atoms in total. The van der Waals surface area contributed by atoms with E-state index in [1.54, 1.807) is 13.8 Å². The van der Waals surface area contributed by atoms with E-state index >= 15 is 0 Å². The van der Waals surface area contributed by atoms with E-state index in [4.69, 9.17) is 104 Å². The largest absolute Gasteiger partial charge is 0.462 e. The summed E-state index contributed by atoms with van der Waals surface area (Å²) in [6, 6.07) is -0.600. The predicted octanol–water partition coefficient (Wildman–Crippen LogP) is 7.25. The Morgan fingerprint density at radius 2 is 0.967 bits per heavy atom. The first-order chi connectivity index (χ1) is 44.5. The lowest BCUT2D eigenvalue weighted by molar-refractivity contribution is -0.253. The van der Waals surface area contributed by atoms with Gasteiger partial charge in [0.05, 0.1) is 184 Å². The Labute approximate surface area is 562 Å². The number of thioether (sulfide) groups is 2. The molecule has 28 heteroatoms. The topological polar surface area (TPSA) is 268 Å². The second kappa shape index (κ2) is 59.6. The van der Waals surface area contributed by atoms with E-state index in [-0.39, 0.29) is 55.6 Å². The molecule has 0 saturated carbocycles. The van der Waals surface area contributed by atoms with Crippen molar-refractivity contribution in [3.05, 3.63) is 11.4 Å². The molecule has 536 valence electrons. The molecule has 2 unspecified atom stereocenters. The fourth-order valence-corrected chi connectivity index (χ4v) is 12.3. The van der Waals surface area contributed by atoms with Gasteiger partial charge in [0, 0.05) is 79.1 Å². The highest BCUT2D eigenvalue weighted by molar-refractivity contribution is 8.47. The maximum Gasteiger partial charge on any atom is 0.322 e. The number of hydrogen-bond donors (Lipinski definition) is 1. The summed E-state index contributed by atoms with van der Waals surface area (Å²) < 4.78 is 99.9. The molecule has 0 aromatic rings. The van der Waals surface area contributed by atoms with E-state index in [2.05, 4.69) is 10.2 Å². The van der Waals surface area contributed by atoms with E-state index in [1.807, 2.05) is 20.8 Å². The zero-order valence-electron chi connectivity index (χ0n) is 56.6. The van der Waals surface area contributed by atoms with Crippen molar-refractivity contribution in [2.45, 2.75) is 160 Å². The monoisotopic (exact) mass is 1370 g/mol. The first-order valence-electron chi connectivity index (χ1n) is 32.7. The van der Waals surface area contributed by atoms with Crippen molar-refractivity contribution in [2.24, 2.45) is 5.92 Å². The Bertz CT molecular complexity index is 1930. The van der Waals surface area contributed by atoms with Crippen LogP contribution in [0.2, 0.25) is 0 Å². The molecule has 1 saturated heterocycles. The van der Waals surface area contributed by atoms with Gasteiger partial charge >= 0.3 is 11.9 Å². The molecule has 0 aromatic heterocycles. The molecule has 0 spiro atoms. The van der Waals surface area contributed by atoms with Crippen LogP contribution in [0.3, 0.4) is 0 Å². The average molecular weight is 1380 g/mol. The van der Waals surface area contributed by atoms with Gasteiger partial charge in [-0.3, -0.25) is 24.0 Å². The maximum atomic E-state index is 13.1. The smallest absolute Gasteiger partial charge is 0.322 e. The van der Waals surface area contributed by atoms with E-state index < -0.39 is 40.7 Å². The minimum atomic E-state index is -1.07. The Kier molecular flexibility index (Phi) is 56.7. The molecule has 0 bridgehead atoms. The van der Waals surface area contributed by atoms with Crippen LogP contribution in [0.25, 0.3) is 4.85 Å². The van der Waals surface area contributed by atoms with Crippen LogP contribution in [0.4, 0.5) is 0 Å². The summed E-state index contributed by atoms with van der Waals surface area (Å²) in [7, 11) is 1.53. The summed E-state index contributed by atoms with van der Waals surface area (Å²) in [5.41, 5.74) is -0.950. The minimum Gasteiger partial charge on any atom is -0.462 e. The van der Waals surface area contributed by atoms with Gasteiger partial charge in [0.25, 0.3) is 0 Å². The second-order valence-corrected chi connectivity index (χ2v) is 25.9. The molecule has 1 amide bonds. The van der Waals surface area contributed by atoms with Crippen LogP contribution in [-0.4, -0.2) is 272 Å². The summed E-state index contributed by atoms with van der Waals surface area (Å²) >= 11 is 8.19. The summed E-state index contributed by atoms with van der Waals surface area (Å²) in [6.07, 6.45) is 5.14. The fraction of sp³-hybridized carbons (Fsp3) is 0.891. The van der Waals surface area contributed by atoms with Crippen LogP contribution in [-0.2, 0) is 109 Å². The summed E-state index contributed by atoms with van der Waals surface area (Å²) in [4.78, 5) is 65.8. The van der Waals surface area contributed by atoms with Crippen molar-refractivity contribution in [1.82, 2.24) is 5.32 Å². The van der Waals surface area contributed by atoms with Crippen LogP contribution in [0.5, 0.6) is 0 Å². The van der Waals surface area contributed by atoms with Crippen LogP contribution in [0.1, 0.15) is 126 Å². The van der Waals surface area contributed by atoms with E-state index in [1.165, 1.54) is 44.5 Å². The highest BCUT2D eigenvalue weighted by Gasteiger charge is 2.48. The molecule has 0 aliphatic carbocycles. The Morgan fingerprint density at radius 3 is 1.38 bits per heavy atom. The number of hydrogen-bond acceptors (Lipinski definition) is 26. The SMILES string of the molecule is [C-]#[N+]C(C)(CCC(=O)CCCOCCOCCOCCOCCOCCOCCOCCOCCOCCOCCOCCOCCOCCC(=O)CCCCCCO[C@@H]1O[C@H](CC)[C@H](C)[C@H](OC(C)=O)[C@H]1NC(C)=O)CC(C)(SC(=S)SCC)C(=O)OCCOC. The number of ketones is 2. The van der Waals surface area contributed by atoms with E-state index in [9.17, 15) is 24.0 Å². The lowest BCUT2D eigenvalue weighted by Gasteiger charge is -2.44. The molecule has 1 aliphatic rings. The number of ether oxygens (including phenoxy) is 18. The van der Waals surface area contributed by atoms with Gasteiger partial charge in [0.1, 0.15) is 38.6 Å². The Hall–Kier alpha value is -2.61. The summed E-state index contributed by atoms with van der Waals surface area (Å²) in [6.45, 7) is 32.4. The normalized spacial score (nSPS) is 17.8. The average Bonchev–Trinajstić information content (AvgIpc) is 0.915. The predicted molar refractivity (Wildman–Crippen MR) is 353 cm³/mol. The third kappa shape index (κ3) is 48.1. The van der Waals surface area contributed by atoms with E-state index in [0.29, 0.717) is 214 Å². The van der Waals surface area contributed by atoms with Gasteiger partial charge in [-0.15, -0.1) is 11.8 Å². The van der Waals surface area contributed by atoms with Gasteiger partial charge in [0.2, 0.25) is 11.4 Å². The molecule has 0 aromatic carbocycles. The van der Waals surface area contributed by atoms with Gasteiger partial charge in [-0.1, -0.05) is 57.6 Å². The van der Waals surface area contributed by atoms with Crippen molar-refractivity contribution in [3.63, 3.8) is 0 Å². The first kappa shape index (κ1) is 87.4. The number of nitrogens with zero attached hydrogens (tertiary/aromatic N) is 1. The standard InChI is InChI=1S/C64H114N2O23S3/c1-10-57-52(3)59(88-54(5)68)58(66-53(4)67)60(89-57)86-23-15-13-12-14-17-56(70)20-24-74-27-29-76-31-33-78-35-37-80-39-41-82-43-45-84-47-49-85-48-46-83-44-42-81-40-38-79-36-34-77-32-30-75-28-26-73-22-16-18-55(69)19-21-63(6,65-8)51-64(7,92-62(90)91-11-2)61(71)87-50-25-72-9/h52,57-60H,10-51H2,1-7,9H3,(H,66,67)/t52-,57+,58+,59-,60+,63?,64?/m0/s1. The molecule has 1 aliphatic heterocycles. The number of thiocarbonyl (C=S) groups is 1. The number of nitrogens with one attached hydrogen (secondary N) is 1. The van der Waals surface area contributed by atoms with Crippen LogP contribution in [0.15, 0.2) is 0 Å². The molecule has 0 radical (unpaired) electrons. The molecule has 1 heterocycles. The zero-order valence-corrected chi connectivity index (χ0v) is 59.1. The van der Waals surface area contributed by atoms with Crippen molar-refractivity contribution in [2.75, 3.05) is 204 Å². The zero-order chi connectivity index (χ0) is 67.6. The number of amides is 1. The number of Topliss-reactive ketones (excluding diaryl/α,β-unsaturated/α-hetero) is 2. The quantitative estimate of drug-likeness (QED) is 0.0272. The molecule has 7 atom stereocenters. The van der Waals surface area contributed by atoms with Crippen molar-refractivity contribution >= 4 is 68.7 Å². The summed E-state index contributed by atoms with van der Waals surface area (Å²) in [5.74, 6) is -0.235. The number of methoxy groups -OCH3 is 1. The molecule has 1 rings (SSSR count). The summed E-state index contributed by atoms with van der Waals surface area (Å²) in [5, 5.41) is 2.86. The maximum absolute atomic E-state index is 13.1. The fourth-order valence-electron chi connectivity index (χ4n) is 9.14. The Balaban J connectivity index is 1.81. The highest BCUT2D eigenvalue weighted by Crippen LogP contribution is 2.41. The molecule has 1 N–H and O–H groups in total. The number of rotatable bonds is 65. The van der Waals surface area contributed by atoms with Crippen molar-refractivity contribution in [3.8, 4) is 0 Å². The molecular weight excluding hydrogens is 1260 g/mol. The van der Waals surface area contributed by atoms with Gasteiger partial charge < -0.3 is 95.4 Å². The molecule has 1 fully saturated rings. The molecule has 92 heavy (non-hydrogen) atoms. The van der Waals surface area contributed by atoms with Crippen LogP contribution in [0, 0.1) is 12.5 Å². The minimum absolute atomic E-state index is 0.0457. The lowest BCUT2D eigenvalue weighted by atomic mass is 9.85. The van der Waals surface area contributed by atoms with Gasteiger partial charge in [-0.2, -0.15) is 0 Å². The van der Waals surface area contributed by atoms with Crippen LogP contribution < -0.4 is 5.32 Å². The third-order valence-corrected chi connectivity index (χ3v) is 16.6.